The number of ether oxygens (including phenoxy) is 2. The second kappa shape index (κ2) is 8.33. The lowest BCUT2D eigenvalue weighted by molar-refractivity contribution is -0.126. The van der Waals surface area contributed by atoms with Gasteiger partial charge in [-0.2, -0.15) is 0 Å². The number of hydrogen-bond donors (Lipinski definition) is 1. The van der Waals surface area contributed by atoms with E-state index in [9.17, 15) is 9.59 Å². The normalized spacial score (nSPS) is 17.4. The standard InChI is InChI=1S/C22H26N2O4/c1-14-5-8-18(9-6-14)24-13-17(12-21(24)25)22(26)23-15(2)16-7-10-19(27-3)20(11-16)28-4/h5-11,15,17H,12-13H2,1-4H3,(H,23,26). The summed E-state index contributed by atoms with van der Waals surface area (Å²) < 4.78 is 10.6. The topological polar surface area (TPSA) is 67.9 Å². The van der Waals surface area contributed by atoms with Gasteiger partial charge in [-0.15, -0.1) is 0 Å². The summed E-state index contributed by atoms with van der Waals surface area (Å²) in [4.78, 5) is 26.8. The van der Waals surface area contributed by atoms with E-state index in [2.05, 4.69) is 5.32 Å². The Morgan fingerprint density at radius 3 is 2.43 bits per heavy atom. The molecule has 1 aliphatic heterocycles. The molecule has 28 heavy (non-hydrogen) atoms. The van der Waals surface area contributed by atoms with Gasteiger partial charge in [0.25, 0.3) is 0 Å². The molecule has 0 bridgehead atoms. The van der Waals surface area contributed by atoms with Crippen LogP contribution in [0.15, 0.2) is 42.5 Å². The molecule has 6 heteroatoms. The highest BCUT2D eigenvalue weighted by atomic mass is 16.5. The van der Waals surface area contributed by atoms with Gasteiger partial charge in [0.1, 0.15) is 0 Å². The molecule has 1 heterocycles. The first-order valence-corrected chi connectivity index (χ1v) is 9.32. The molecule has 0 saturated carbocycles. The number of anilines is 1. The molecule has 0 aliphatic carbocycles. The van der Waals surface area contributed by atoms with Gasteiger partial charge in [0.05, 0.1) is 26.2 Å². The van der Waals surface area contributed by atoms with Gasteiger partial charge in [-0.1, -0.05) is 23.8 Å². The Bertz CT molecular complexity index is 863. The summed E-state index contributed by atoms with van der Waals surface area (Å²) in [6.07, 6.45) is 0.221. The van der Waals surface area contributed by atoms with Crippen LogP contribution in [0.2, 0.25) is 0 Å². The Kier molecular flexibility index (Phi) is 5.87. The third kappa shape index (κ3) is 4.11. The van der Waals surface area contributed by atoms with Crippen molar-refractivity contribution < 1.29 is 19.1 Å². The molecule has 0 spiro atoms. The van der Waals surface area contributed by atoms with Crippen molar-refractivity contribution in [2.45, 2.75) is 26.3 Å². The fourth-order valence-electron chi connectivity index (χ4n) is 3.39. The third-order valence-corrected chi connectivity index (χ3v) is 5.11. The third-order valence-electron chi connectivity index (χ3n) is 5.11. The second-order valence-corrected chi connectivity index (χ2v) is 7.09. The van der Waals surface area contributed by atoms with E-state index in [4.69, 9.17) is 9.47 Å². The van der Waals surface area contributed by atoms with Crippen LogP contribution >= 0.6 is 0 Å². The lowest BCUT2D eigenvalue weighted by Crippen LogP contribution is -2.34. The van der Waals surface area contributed by atoms with Crippen LogP contribution in [-0.4, -0.2) is 32.6 Å². The van der Waals surface area contributed by atoms with Crippen LogP contribution in [0.3, 0.4) is 0 Å². The zero-order valence-electron chi connectivity index (χ0n) is 16.7. The predicted molar refractivity (Wildman–Crippen MR) is 108 cm³/mol. The first-order valence-electron chi connectivity index (χ1n) is 9.32. The summed E-state index contributed by atoms with van der Waals surface area (Å²) in [5.74, 6) is 0.743. The molecule has 1 aliphatic rings. The van der Waals surface area contributed by atoms with Gasteiger partial charge in [-0.05, 0) is 43.7 Å². The Labute approximate surface area is 165 Å². The van der Waals surface area contributed by atoms with Crippen molar-refractivity contribution in [1.82, 2.24) is 5.32 Å². The van der Waals surface area contributed by atoms with Crippen LogP contribution in [0.5, 0.6) is 11.5 Å². The van der Waals surface area contributed by atoms with Crippen LogP contribution in [0.1, 0.15) is 30.5 Å². The first-order chi connectivity index (χ1) is 13.4. The highest BCUT2D eigenvalue weighted by Crippen LogP contribution is 2.30. The minimum absolute atomic E-state index is 0.0252. The number of methoxy groups -OCH3 is 2. The monoisotopic (exact) mass is 382 g/mol. The number of hydrogen-bond acceptors (Lipinski definition) is 4. The van der Waals surface area contributed by atoms with E-state index in [1.807, 2.05) is 56.3 Å². The van der Waals surface area contributed by atoms with Crippen molar-refractivity contribution in [2.75, 3.05) is 25.7 Å². The van der Waals surface area contributed by atoms with E-state index >= 15 is 0 Å². The van der Waals surface area contributed by atoms with Crippen LogP contribution < -0.4 is 19.7 Å². The van der Waals surface area contributed by atoms with Gasteiger partial charge in [0.2, 0.25) is 11.8 Å². The van der Waals surface area contributed by atoms with Gasteiger partial charge in [0, 0.05) is 18.7 Å². The van der Waals surface area contributed by atoms with E-state index in [0.29, 0.717) is 18.0 Å². The zero-order valence-corrected chi connectivity index (χ0v) is 16.7. The average Bonchev–Trinajstić information content (AvgIpc) is 3.09. The highest BCUT2D eigenvalue weighted by molar-refractivity contribution is 6.00. The highest BCUT2D eigenvalue weighted by Gasteiger charge is 2.35. The number of carbonyl (C=O) groups is 2. The van der Waals surface area contributed by atoms with E-state index in [-0.39, 0.29) is 30.2 Å². The number of benzene rings is 2. The van der Waals surface area contributed by atoms with Crippen molar-refractivity contribution in [1.29, 1.82) is 0 Å². The van der Waals surface area contributed by atoms with E-state index in [1.54, 1.807) is 19.1 Å². The van der Waals surface area contributed by atoms with Crippen molar-refractivity contribution in [3.63, 3.8) is 0 Å². The molecule has 2 aromatic carbocycles. The smallest absolute Gasteiger partial charge is 0.227 e. The largest absolute Gasteiger partial charge is 0.493 e. The number of nitrogens with zero attached hydrogens (tertiary/aromatic N) is 1. The SMILES string of the molecule is COc1ccc(C(C)NC(=O)C2CC(=O)N(c3ccc(C)cc3)C2)cc1OC. The summed E-state index contributed by atoms with van der Waals surface area (Å²) in [5, 5.41) is 3.01. The maximum atomic E-state index is 12.7. The van der Waals surface area contributed by atoms with Crippen LogP contribution in [0.25, 0.3) is 0 Å². The predicted octanol–water partition coefficient (Wildman–Crippen LogP) is 3.24. The molecular weight excluding hydrogens is 356 g/mol. The maximum absolute atomic E-state index is 12.7. The molecule has 1 saturated heterocycles. The first kappa shape index (κ1) is 19.7. The number of aryl methyl sites for hydroxylation is 1. The molecule has 1 N–H and O–H groups in total. The molecule has 2 aromatic rings. The Morgan fingerprint density at radius 1 is 1.11 bits per heavy atom. The molecule has 0 radical (unpaired) electrons. The maximum Gasteiger partial charge on any atom is 0.227 e. The zero-order chi connectivity index (χ0) is 20.3. The second-order valence-electron chi connectivity index (χ2n) is 7.09. The van der Waals surface area contributed by atoms with Gasteiger partial charge in [-0.25, -0.2) is 0 Å². The molecule has 148 valence electrons. The number of amides is 2. The van der Waals surface area contributed by atoms with Crippen molar-refractivity contribution in [3.05, 3.63) is 53.6 Å². The van der Waals surface area contributed by atoms with Gasteiger partial charge < -0.3 is 19.7 Å². The van der Waals surface area contributed by atoms with Crippen LogP contribution in [-0.2, 0) is 9.59 Å². The number of carbonyl (C=O) groups excluding carboxylic acids is 2. The summed E-state index contributed by atoms with van der Waals surface area (Å²) in [6, 6.07) is 13.1. The molecule has 2 atom stereocenters. The Morgan fingerprint density at radius 2 is 1.79 bits per heavy atom. The minimum Gasteiger partial charge on any atom is -0.493 e. The lowest BCUT2D eigenvalue weighted by atomic mass is 10.0. The Hall–Kier alpha value is -3.02. The fraction of sp³-hybridized carbons (Fsp3) is 0.364. The van der Waals surface area contributed by atoms with Crippen LogP contribution in [0.4, 0.5) is 5.69 Å². The van der Waals surface area contributed by atoms with Gasteiger partial charge in [-0.3, -0.25) is 9.59 Å². The molecule has 6 nitrogen and oxygen atoms in total. The fourth-order valence-corrected chi connectivity index (χ4v) is 3.39. The molecule has 3 rings (SSSR count). The minimum atomic E-state index is -0.364. The van der Waals surface area contributed by atoms with Crippen LogP contribution in [0, 0.1) is 12.8 Å². The van der Waals surface area contributed by atoms with Crippen molar-refractivity contribution >= 4 is 17.5 Å². The molecule has 0 aromatic heterocycles. The van der Waals surface area contributed by atoms with E-state index in [0.717, 1.165) is 16.8 Å². The summed E-state index contributed by atoms with van der Waals surface area (Å²) in [6.45, 7) is 4.31. The van der Waals surface area contributed by atoms with Gasteiger partial charge >= 0.3 is 0 Å². The molecular formula is C22H26N2O4. The molecule has 1 fully saturated rings. The molecule has 2 amide bonds. The molecule has 2 unspecified atom stereocenters. The van der Waals surface area contributed by atoms with Crippen molar-refractivity contribution in [2.24, 2.45) is 5.92 Å². The number of rotatable bonds is 6. The average molecular weight is 382 g/mol. The van der Waals surface area contributed by atoms with E-state index in [1.165, 1.54) is 0 Å². The van der Waals surface area contributed by atoms with Gasteiger partial charge in [0.15, 0.2) is 11.5 Å². The lowest BCUT2D eigenvalue weighted by Gasteiger charge is -2.19. The van der Waals surface area contributed by atoms with Crippen molar-refractivity contribution in [3.8, 4) is 11.5 Å². The quantitative estimate of drug-likeness (QED) is 0.833. The Balaban J connectivity index is 1.66. The summed E-state index contributed by atoms with van der Waals surface area (Å²) in [5.41, 5.74) is 2.87. The number of nitrogens with one attached hydrogen (secondary N) is 1. The summed E-state index contributed by atoms with van der Waals surface area (Å²) >= 11 is 0. The summed E-state index contributed by atoms with van der Waals surface area (Å²) in [7, 11) is 3.16. The van der Waals surface area contributed by atoms with E-state index < -0.39 is 0 Å².